The molecule has 10 heteroatoms. The SMILES string of the molecule is CCOc1ccccc1NC(=O)C1CCN(S(=O)(=O)c2c(C)noc2C=Cc2ccccc2F)CC1. The number of aromatic nitrogens is 1. The van der Waals surface area contributed by atoms with Crippen molar-refractivity contribution in [3.8, 4) is 5.75 Å². The number of benzene rings is 2. The Kier molecular flexibility index (Phi) is 7.85. The zero-order valence-electron chi connectivity index (χ0n) is 20.1. The Labute approximate surface area is 209 Å². The highest BCUT2D eigenvalue weighted by atomic mass is 32.2. The molecule has 1 fully saturated rings. The van der Waals surface area contributed by atoms with Crippen LogP contribution in [0.1, 0.15) is 36.8 Å². The van der Waals surface area contributed by atoms with Gasteiger partial charge in [0.25, 0.3) is 0 Å². The van der Waals surface area contributed by atoms with E-state index in [0.717, 1.165) is 0 Å². The van der Waals surface area contributed by atoms with Crippen LogP contribution in [-0.4, -0.2) is 43.5 Å². The quantitative estimate of drug-likeness (QED) is 0.467. The van der Waals surface area contributed by atoms with E-state index in [2.05, 4.69) is 10.5 Å². The standard InChI is InChI=1S/C26H28FN3O5S/c1-3-34-23-11-7-6-10-22(23)28-26(31)20-14-16-30(17-15-20)36(32,33)25-18(2)29-35-24(25)13-12-19-8-4-5-9-21(19)27/h4-13,20H,3,14-17H2,1-2H3,(H,28,31). The Bertz CT molecular complexity index is 1360. The maximum absolute atomic E-state index is 14.0. The van der Waals surface area contributed by atoms with Crippen LogP contribution in [0.25, 0.3) is 12.2 Å². The van der Waals surface area contributed by atoms with Gasteiger partial charge in [-0.2, -0.15) is 4.31 Å². The summed E-state index contributed by atoms with van der Waals surface area (Å²) in [6.07, 6.45) is 3.59. The maximum Gasteiger partial charge on any atom is 0.248 e. The lowest BCUT2D eigenvalue weighted by molar-refractivity contribution is -0.120. The molecule has 4 rings (SSSR count). The summed E-state index contributed by atoms with van der Waals surface area (Å²) in [5.41, 5.74) is 1.11. The first-order valence-corrected chi connectivity index (χ1v) is 13.2. The number of rotatable bonds is 8. The van der Waals surface area contributed by atoms with Crippen LogP contribution in [0.2, 0.25) is 0 Å². The number of hydrogen-bond acceptors (Lipinski definition) is 6. The Morgan fingerprint density at radius 3 is 2.58 bits per heavy atom. The summed E-state index contributed by atoms with van der Waals surface area (Å²) in [6, 6.07) is 13.3. The Morgan fingerprint density at radius 1 is 1.17 bits per heavy atom. The monoisotopic (exact) mass is 513 g/mol. The molecule has 0 spiro atoms. The fourth-order valence-electron chi connectivity index (χ4n) is 4.15. The van der Waals surface area contributed by atoms with Gasteiger partial charge < -0.3 is 14.6 Å². The summed E-state index contributed by atoms with van der Waals surface area (Å²) >= 11 is 0. The number of nitrogens with zero attached hydrogens (tertiary/aromatic N) is 2. The number of aryl methyl sites for hydroxylation is 1. The molecule has 0 aliphatic carbocycles. The van der Waals surface area contributed by atoms with Crippen molar-refractivity contribution in [3.05, 3.63) is 71.4 Å². The second kappa shape index (κ2) is 11.0. The van der Waals surface area contributed by atoms with Gasteiger partial charge in [-0.05, 0) is 57.0 Å². The van der Waals surface area contributed by atoms with Crippen LogP contribution in [0.15, 0.2) is 57.9 Å². The molecular formula is C26H28FN3O5S. The Balaban J connectivity index is 1.45. The number of para-hydroxylation sites is 2. The molecule has 1 aliphatic heterocycles. The van der Waals surface area contributed by atoms with Gasteiger partial charge in [-0.15, -0.1) is 0 Å². The first kappa shape index (κ1) is 25.6. The van der Waals surface area contributed by atoms with Gasteiger partial charge in [0.05, 0.1) is 12.3 Å². The molecule has 3 aromatic rings. The van der Waals surface area contributed by atoms with Gasteiger partial charge in [-0.3, -0.25) is 4.79 Å². The zero-order chi connectivity index (χ0) is 25.7. The van der Waals surface area contributed by atoms with E-state index in [1.54, 1.807) is 37.3 Å². The summed E-state index contributed by atoms with van der Waals surface area (Å²) < 4.78 is 53.0. The van der Waals surface area contributed by atoms with E-state index in [0.29, 0.717) is 36.4 Å². The number of hydrogen-bond donors (Lipinski definition) is 1. The van der Waals surface area contributed by atoms with E-state index in [1.165, 1.54) is 22.5 Å². The number of piperidine rings is 1. The predicted octanol–water partition coefficient (Wildman–Crippen LogP) is 4.73. The molecule has 36 heavy (non-hydrogen) atoms. The van der Waals surface area contributed by atoms with Gasteiger partial charge in [0.15, 0.2) is 10.7 Å². The number of ether oxygens (including phenoxy) is 1. The predicted molar refractivity (Wildman–Crippen MR) is 134 cm³/mol. The Morgan fingerprint density at radius 2 is 1.86 bits per heavy atom. The van der Waals surface area contributed by atoms with Crippen molar-refractivity contribution in [2.45, 2.75) is 31.6 Å². The van der Waals surface area contributed by atoms with E-state index < -0.39 is 15.8 Å². The maximum atomic E-state index is 14.0. The molecule has 1 N–H and O–H groups in total. The highest BCUT2D eigenvalue weighted by molar-refractivity contribution is 7.89. The smallest absolute Gasteiger partial charge is 0.248 e. The van der Waals surface area contributed by atoms with Gasteiger partial charge in [0.2, 0.25) is 15.9 Å². The summed E-state index contributed by atoms with van der Waals surface area (Å²) in [5, 5.41) is 6.73. The molecule has 1 saturated heterocycles. The zero-order valence-corrected chi connectivity index (χ0v) is 20.9. The fraction of sp³-hybridized carbons (Fsp3) is 0.308. The molecule has 1 aliphatic rings. The first-order valence-electron chi connectivity index (χ1n) is 11.7. The van der Waals surface area contributed by atoms with Crippen LogP contribution < -0.4 is 10.1 Å². The summed E-state index contributed by atoms with van der Waals surface area (Å²) in [5.74, 6) is -0.321. The van der Waals surface area contributed by atoms with Gasteiger partial charge in [0.1, 0.15) is 17.3 Å². The van der Waals surface area contributed by atoms with Gasteiger partial charge in [-0.1, -0.05) is 35.5 Å². The van der Waals surface area contributed by atoms with Crippen LogP contribution in [0.3, 0.4) is 0 Å². The van der Waals surface area contributed by atoms with Crippen LogP contribution in [0.5, 0.6) is 5.75 Å². The molecule has 0 atom stereocenters. The minimum atomic E-state index is -3.94. The van der Waals surface area contributed by atoms with Crippen LogP contribution in [-0.2, 0) is 14.8 Å². The van der Waals surface area contributed by atoms with Gasteiger partial charge >= 0.3 is 0 Å². The minimum absolute atomic E-state index is 0.0307. The number of halogens is 1. The molecule has 1 aromatic heterocycles. The molecule has 2 heterocycles. The van der Waals surface area contributed by atoms with Crippen molar-refractivity contribution in [1.29, 1.82) is 0 Å². The Hall–Kier alpha value is -3.50. The number of sulfonamides is 1. The number of carbonyl (C=O) groups is 1. The van der Waals surface area contributed by atoms with E-state index >= 15 is 0 Å². The van der Waals surface area contributed by atoms with E-state index in [-0.39, 0.29) is 41.3 Å². The van der Waals surface area contributed by atoms with Gasteiger partial charge in [0, 0.05) is 24.6 Å². The second-order valence-corrected chi connectivity index (χ2v) is 10.3. The van der Waals surface area contributed by atoms with Crippen LogP contribution in [0, 0.1) is 18.7 Å². The third-order valence-electron chi connectivity index (χ3n) is 6.02. The molecule has 8 nitrogen and oxygen atoms in total. The van der Waals surface area contributed by atoms with Crippen molar-refractivity contribution in [2.75, 3.05) is 25.0 Å². The largest absolute Gasteiger partial charge is 0.492 e. The lowest BCUT2D eigenvalue weighted by Crippen LogP contribution is -2.41. The number of anilines is 1. The summed E-state index contributed by atoms with van der Waals surface area (Å²) in [4.78, 5) is 12.8. The third-order valence-corrected chi connectivity index (χ3v) is 8.08. The number of nitrogens with one attached hydrogen (secondary N) is 1. The van der Waals surface area contributed by atoms with Crippen LogP contribution in [0.4, 0.5) is 10.1 Å². The van der Waals surface area contributed by atoms with Crippen molar-refractivity contribution < 1.29 is 26.9 Å². The van der Waals surface area contributed by atoms with Crippen LogP contribution >= 0.6 is 0 Å². The minimum Gasteiger partial charge on any atom is -0.492 e. The topological polar surface area (TPSA) is 102 Å². The normalized spacial score (nSPS) is 15.3. The number of amides is 1. The van der Waals surface area contributed by atoms with Crippen molar-refractivity contribution in [2.24, 2.45) is 5.92 Å². The van der Waals surface area contributed by atoms with E-state index in [9.17, 15) is 17.6 Å². The molecule has 0 radical (unpaired) electrons. The highest BCUT2D eigenvalue weighted by Crippen LogP contribution is 2.31. The van der Waals surface area contributed by atoms with E-state index in [4.69, 9.17) is 9.26 Å². The molecule has 2 aromatic carbocycles. The molecule has 0 bridgehead atoms. The number of carbonyl (C=O) groups excluding carboxylic acids is 1. The lowest BCUT2D eigenvalue weighted by Gasteiger charge is -2.30. The first-order chi connectivity index (χ1) is 17.3. The van der Waals surface area contributed by atoms with E-state index in [1.807, 2.05) is 19.1 Å². The average Bonchev–Trinajstić information content (AvgIpc) is 3.26. The summed E-state index contributed by atoms with van der Waals surface area (Å²) in [6.45, 7) is 4.24. The molecule has 0 unspecified atom stereocenters. The van der Waals surface area contributed by atoms with Crippen molar-refractivity contribution >= 4 is 33.8 Å². The second-order valence-electron chi connectivity index (χ2n) is 8.41. The lowest BCUT2D eigenvalue weighted by atomic mass is 9.97. The van der Waals surface area contributed by atoms with Crippen molar-refractivity contribution in [3.63, 3.8) is 0 Å². The molecular weight excluding hydrogens is 485 g/mol. The third kappa shape index (κ3) is 5.50. The molecule has 190 valence electrons. The van der Waals surface area contributed by atoms with Crippen molar-refractivity contribution in [1.82, 2.24) is 9.46 Å². The molecule has 0 saturated carbocycles. The molecule has 1 amide bonds. The summed E-state index contributed by atoms with van der Waals surface area (Å²) in [7, 11) is -3.94. The van der Waals surface area contributed by atoms with Gasteiger partial charge in [-0.25, -0.2) is 12.8 Å². The fourth-order valence-corrected chi connectivity index (χ4v) is 5.87. The highest BCUT2D eigenvalue weighted by Gasteiger charge is 2.36. The average molecular weight is 514 g/mol.